The van der Waals surface area contributed by atoms with Crippen molar-refractivity contribution >= 4 is 5.57 Å². The van der Waals surface area contributed by atoms with E-state index < -0.39 is 0 Å². The van der Waals surface area contributed by atoms with E-state index in [0.29, 0.717) is 6.61 Å². The van der Waals surface area contributed by atoms with Gasteiger partial charge in [0.05, 0.1) is 7.11 Å². The first kappa shape index (κ1) is 12.8. The maximum atomic E-state index is 5.92. The molecule has 2 heteroatoms. The zero-order valence-electron chi connectivity index (χ0n) is 11.7. The van der Waals surface area contributed by atoms with E-state index in [1.54, 1.807) is 7.11 Å². The third-order valence-electron chi connectivity index (χ3n) is 3.70. The summed E-state index contributed by atoms with van der Waals surface area (Å²) in [6.07, 6.45) is 2.07. The van der Waals surface area contributed by atoms with Crippen LogP contribution in [0.3, 0.4) is 0 Å². The summed E-state index contributed by atoms with van der Waals surface area (Å²) >= 11 is 0. The molecule has 0 unspecified atom stereocenters. The second kappa shape index (κ2) is 5.41. The smallest absolute Gasteiger partial charge is 0.162 e. The summed E-state index contributed by atoms with van der Waals surface area (Å²) in [7, 11) is 1.68. The second-order valence-corrected chi connectivity index (χ2v) is 5.04. The largest absolute Gasteiger partial charge is 0.493 e. The Morgan fingerprint density at radius 3 is 2.60 bits per heavy atom. The third kappa shape index (κ3) is 2.42. The molecule has 0 aliphatic heterocycles. The van der Waals surface area contributed by atoms with Gasteiger partial charge >= 0.3 is 0 Å². The van der Waals surface area contributed by atoms with Gasteiger partial charge in [0.2, 0.25) is 0 Å². The van der Waals surface area contributed by atoms with Gasteiger partial charge < -0.3 is 9.47 Å². The molecule has 0 radical (unpaired) electrons. The van der Waals surface area contributed by atoms with Crippen LogP contribution in [0.1, 0.15) is 23.1 Å². The summed E-state index contributed by atoms with van der Waals surface area (Å²) in [6.45, 7) is 4.66. The topological polar surface area (TPSA) is 18.5 Å². The monoisotopic (exact) mass is 266 g/mol. The maximum Gasteiger partial charge on any atom is 0.162 e. The Morgan fingerprint density at radius 2 is 1.85 bits per heavy atom. The molecule has 0 N–H and O–H groups in total. The van der Waals surface area contributed by atoms with Crippen molar-refractivity contribution in [1.82, 2.24) is 0 Å². The standard InChI is InChI=1S/C18H18O2/c1-13-8-9-15-10-17(19-2)18(11-16(13)15)20-12-14-6-4-3-5-7-14/h3-7,10-11H,1,8-9,12H2,2H3. The number of hydrogen-bond acceptors (Lipinski definition) is 2. The van der Waals surface area contributed by atoms with Gasteiger partial charge in [0.25, 0.3) is 0 Å². The molecule has 3 rings (SSSR count). The number of fused-ring (bicyclic) bond motifs is 1. The summed E-state index contributed by atoms with van der Waals surface area (Å²) in [4.78, 5) is 0. The normalized spacial score (nSPS) is 13.2. The summed E-state index contributed by atoms with van der Waals surface area (Å²) in [6, 6.07) is 14.3. The van der Waals surface area contributed by atoms with Gasteiger partial charge in [-0.3, -0.25) is 0 Å². The highest BCUT2D eigenvalue weighted by Crippen LogP contribution is 2.39. The Balaban J connectivity index is 1.85. The summed E-state index contributed by atoms with van der Waals surface area (Å²) in [5.74, 6) is 1.59. The van der Waals surface area contributed by atoms with Crippen molar-refractivity contribution < 1.29 is 9.47 Å². The van der Waals surface area contributed by atoms with Gasteiger partial charge in [0.15, 0.2) is 11.5 Å². The minimum Gasteiger partial charge on any atom is -0.493 e. The average Bonchev–Trinajstić information content (AvgIpc) is 2.86. The van der Waals surface area contributed by atoms with Gasteiger partial charge in [-0.25, -0.2) is 0 Å². The lowest BCUT2D eigenvalue weighted by atomic mass is 10.1. The molecule has 0 heterocycles. The number of hydrogen-bond donors (Lipinski definition) is 0. The van der Waals surface area contributed by atoms with E-state index >= 15 is 0 Å². The lowest BCUT2D eigenvalue weighted by molar-refractivity contribution is 0.284. The Labute approximate surface area is 119 Å². The molecule has 102 valence electrons. The second-order valence-electron chi connectivity index (χ2n) is 5.04. The van der Waals surface area contributed by atoms with E-state index in [0.717, 1.165) is 29.9 Å². The Morgan fingerprint density at radius 1 is 1.05 bits per heavy atom. The third-order valence-corrected chi connectivity index (χ3v) is 3.70. The quantitative estimate of drug-likeness (QED) is 0.824. The molecule has 0 bridgehead atoms. The van der Waals surface area contributed by atoms with Crippen molar-refractivity contribution in [2.45, 2.75) is 19.4 Å². The van der Waals surface area contributed by atoms with Crippen LogP contribution < -0.4 is 9.47 Å². The highest BCUT2D eigenvalue weighted by atomic mass is 16.5. The number of allylic oxidation sites excluding steroid dienone is 1. The van der Waals surface area contributed by atoms with Crippen molar-refractivity contribution in [3.05, 3.63) is 65.7 Å². The van der Waals surface area contributed by atoms with Gasteiger partial charge in [0.1, 0.15) is 6.61 Å². The Hall–Kier alpha value is -2.22. The molecule has 2 aromatic carbocycles. The molecule has 1 aliphatic rings. The van der Waals surface area contributed by atoms with Crippen LogP contribution in [0.5, 0.6) is 11.5 Å². The minimum atomic E-state index is 0.544. The van der Waals surface area contributed by atoms with Crippen LogP contribution in [0.25, 0.3) is 5.57 Å². The summed E-state index contributed by atoms with van der Waals surface area (Å²) in [5.41, 5.74) is 4.86. The molecule has 0 spiro atoms. The van der Waals surface area contributed by atoms with Crippen LogP contribution in [0.2, 0.25) is 0 Å². The van der Waals surface area contributed by atoms with Crippen molar-refractivity contribution in [3.8, 4) is 11.5 Å². The lowest BCUT2D eigenvalue weighted by Crippen LogP contribution is -1.99. The molecule has 20 heavy (non-hydrogen) atoms. The zero-order valence-corrected chi connectivity index (χ0v) is 11.7. The highest BCUT2D eigenvalue weighted by molar-refractivity contribution is 5.73. The molecule has 0 fully saturated rings. The molecule has 1 aliphatic carbocycles. The van der Waals surface area contributed by atoms with E-state index in [1.807, 2.05) is 18.2 Å². The lowest BCUT2D eigenvalue weighted by Gasteiger charge is -2.13. The molecule has 0 amide bonds. The molecule has 2 aromatic rings. The van der Waals surface area contributed by atoms with Gasteiger partial charge in [0, 0.05) is 0 Å². The Kier molecular flexibility index (Phi) is 3.46. The van der Waals surface area contributed by atoms with Crippen LogP contribution in [0, 0.1) is 0 Å². The highest BCUT2D eigenvalue weighted by Gasteiger charge is 2.18. The van der Waals surface area contributed by atoms with Crippen LogP contribution in [0.4, 0.5) is 0 Å². The molecular formula is C18H18O2. The molecule has 0 aromatic heterocycles. The minimum absolute atomic E-state index is 0.544. The van der Waals surface area contributed by atoms with Crippen molar-refractivity contribution in [2.75, 3.05) is 7.11 Å². The maximum absolute atomic E-state index is 5.92. The fraction of sp³-hybridized carbons (Fsp3) is 0.222. The van der Waals surface area contributed by atoms with E-state index in [9.17, 15) is 0 Å². The number of methoxy groups -OCH3 is 1. The summed E-state index contributed by atoms with van der Waals surface area (Å²) in [5, 5.41) is 0. The van der Waals surface area contributed by atoms with Gasteiger partial charge in [-0.1, -0.05) is 36.9 Å². The molecular weight excluding hydrogens is 248 g/mol. The zero-order chi connectivity index (χ0) is 13.9. The van der Waals surface area contributed by atoms with Crippen LogP contribution in [0.15, 0.2) is 49.0 Å². The first-order chi connectivity index (χ1) is 9.78. The van der Waals surface area contributed by atoms with E-state index in [2.05, 4.69) is 30.8 Å². The van der Waals surface area contributed by atoms with Crippen molar-refractivity contribution in [1.29, 1.82) is 0 Å². The average molecular weight is 266 g/mol. The van der Waals surface area contributed by atoms with Crippen LogP contribution in [-0.2, 0) is 13.0 Å². The van der Waals surface area contributed by atoms with Crippen molar-refractivity contribution in [3.63, 3.8) is 0 Å². The Bertz CT molecular complexity index is 629. The number of benzene rings is 2. The molecule has 2 nitrogen and oxygen atoms in total. The molecule has 0 saturated carbocycles. The SMILES string of the molecule is C=C1CCc2cc(OC)c(OCc3ccccc3)cc21. The number of aryl methyl sites for hydroxylation is 1. The predicted octanol–water partition coefficient (Wildman–Crippen LogP) is 4.23. The fourth-order valence-corrected chi connectivity index (χ4v) is 2.57. The molecule has 0 atom stereocenters. The van der Waals surface area contributed by atoms with Gasteiger partial charge in [-0.15, -0.1) is 0 Å². The predicted molar refractivity (Wildman–Crippen MR) is 81.1 cm³/mol. The van der Waals surface area contributed by atoms with E-state index in [4.69, 9.17) is 9.47 Å². The first-order valence-electron chi connectivity index (χ1n) is 6.83. The molecule has 0 saturated heterocycles. The van der Waals surface area contributed by atoms with Crippen LogP contribution >= 0.6 is 0 Å². The number of ether oxygens (including phenoxy) is 2. The summed E-state index contributed by atoms with van der Waals surface area (Å²) < 4.78 is 11.4. The number of rotatable bonds is 4. The van der Waals surface area contributed by atoms with E-state index in [1.165, 1.54) is 16.7 Å². The van der Waals surface area contributed by atoms with Gasteiger partial charge in [-0.2, -0.15) is 0 Å². The fourth-order valence-electron chi connectivity index (χ4n) is 2.57. The van der Waals surface area contributed by atoms with Crippen molar-refractivity contribution in [2.24, 2.45) is 0 Å². The first-order valence-corrected chi connectivity index (χ1v) is 6.83. The van der Waals surface area contributed by atoms with Crippen LogP contribution in [-0.4, -0.2) is 7.11 Å². The van der Waals surface area contributed by atoms with E-state index in [-0.39, 0.29) is 0 Å². The van der Waals surface area contributed by atoms with Gasteiger partial charge in [-0.05, 0) is 47.2 Å².